The Kier molecular flexibility index (Phi) is 40.8. The van der Waals surface area contributed by atoms with Crippen LogP contribution in [0, 0.1) is 0 Å². The minimum absolute atomic E-state index is 0.122. The summed E-state index contributed by atoms with van der Waals surface area (Å²) in [6, 6.07) is 0. The molecule has 0 saturated carbocycles. The number of hydrogen-bond acceptors (Lipinski definition) is 6. The second-order valence-electron chi connectivity index (χ2n) is 14.3. The van der Waals surface area contributed by atoms with Gasteiger partial charge in [0.05, 0.1) is 6.61 Å². The molecule has 58 heavy (non-hydrogen) atoms. The van der Waals surface area contributed by atoms with E-state index in [-0.39, 0.29) is 19.4 Å². The second kappa shape index (κ2) is 43.3. The van der Waals surface area contributed by atoms with Crippen LogP contribution in [0.25, 0.3) is 0 Å². The fourth-order valence-corrected chi connectivity index (χ4v) is 5.87. The third kappa shape index (κ3) is 45.4. The summed E-state index contributed by atoms with van der Waals surface area (Å²) in [4.78, 5) is 42.9. The molecule has 0 spiro atoms. The lowest BCUT2D eigenvalue weighted by atomic mass is 10.1. The number of unbranched alkanes of at least 4 members (excludes halogenated alkanes) is 11. The zero-order valence-electron chi connectivity index (χ0n) is 36.1. The van der Waals surface area contributed by atoms with Crippen molar-refractivity contribution in [3.05, 3.63) is 109 Å². The summed E-state index contributed by atoms with van der Waals surface area (Å²) >= 11 is 0. The summed E-state index contributed by atoms with van der Waals surface area (Å²) in [5.74, 6) is -0.998. The minimum Gasteiger partial charge on any atom is -0.462 e. The summed E-state index contributed by atoms with van der Waals surface area (Å²) in [5.41, 5.74) is 0. The number of hydrogen-bond donors (Lipinski definition) is 2. The molecule has 0 unspecified atom stereocenters. The molecule has 0 bridgehead atoms. The summed E-state index contributed by atoms with van der Waals surface area (Å²) < 4.78 is 26.3. The number of carbonyl (C=O) groups is 2. The molecule has 0 rings (SSSR count). The van der Waals surface area contributed by atoms with Crippen molar-refractivity contribution >= 4 is 19.8 Å². The van der Waals surface area contributed by atoms with Crippen LogP contribution >= 0.6 is 7.82 Å². The Hall–Kier alpha value is -3.29. The third-order valence-electron chi connectivity index (χ3n) is 8.78. The molecule has 9 heteroatoms. The summed E-state index contributed by atoms with van der Waals surface area (Å²) in [6.45, 7) is 3.49. The number of allylic oxidation sites excluding steroid dienone is 18. The van der Waals surface area contributed by atoms with Crippen LogP contribution in [0.4, 0.5) is 0 Å². The fourth-order valence-electron chi connectivity index (χ4n) is 5.51. The predicted octanol–water partition coefficient (Wildman–Crippen LogP) is 14.0. The monoisotopic (exact) mass is 827 g/mol. The van der Waals surface area contributed by atoms with Gasteiger partial charge in [-0.05, 0) is 96.3 Å². The number of phosphoric ester groups is 1. The Bertz CT molecular complexity index is 1300. The van der Waals surface area contributed by atoms with E-state index in [1.54, 1.807) is 0 Å². The highest BCUT2D eigenvalue weighted by atomic mass is 31.2. The van der Waals surface area contributed by atoms with Gasteiger partial charge in [-0.25, -0.2) is 4.57 Å². The van der Waals surface area contributed by atoms with Gasteiger partial charge < -0.3 is 19.3 Å². The average Bonchev–Trinajstić information content (AvgIpc) is 3.20. The van der Waals surface area contributed by atoms with Crippen LogP contribution < -0.4 is 0 Å². The summed E-state index contributed by atoms with van der Waals surface area (Å²) in [5, 5.41) is 0. The van der Waals surface area contributed by atoms with Crippen LogP contribution in [-0.2, 0) is 28.2 Å². The molecular formula is C49H79O8P. The smallest absolute Gasteiger partial charge is 0.462 e. The van der Waals surface area contributed by atoms with Gasteiger partial charge in [0.1, 0.15) is 6.61 Å². The maximum absolute atomic E-state index is 12.4. The van der Waals surface area contributed by atoms with Crippen molar-refractivity contribution in [1.82, 2.24) is 0 Å². The highest BCUT2D eigenvalue weighted by Gasteiger charge is 2.22. The Morgan fingerprint density at radius 2 is 0.845 bits per heavy atom. The average molecular weight is 827 g/mol. The molecule has 0 heterocycles. The lowest BCUT2D eigenvalue weighted by Gasteiger charge is -2.18. The Morgan fingerprint density at radius 1 is 0.466 bits per heavy atom. The van der Waals surface area contributed by atoms with Crippen molar-refractivity contribution in [3.63, 3.8) is 0 Å². The fraction of sp³-hybridized carbons (Fsp3) is 0.592. The number of esters is 2. The van der Waals surface area contributed by atoms with Crippen molar-refractivity contribution in [1.29, 1.82) is 0 Å². The molecule has 0 fully saturated rings. The summed E-state index contributed by atoms with van der Waals surface area (Å²) in [6.07, 6.45) is 61.0. The number of carbonyl (C=O) groups excluding carboxylic acids is 2. The van der Waals surface area contributed by atoms with Crippen molar-refractivity contribution in [2.75, 3.05) is 13.2 Å². The molecule has 328 valence electrons. The van der Waals surface area contributed by atoms with Gasteiger partial charge in [0.25, 0.3) is 0 Å². The first-order valence-electron chi connectivity index (χ1n) is 22.2. The lowest BCUT2D eigenvalue weighted by Crippen LogP contribution is -2.29. The van der Waals surface area contributed by atoms with Gasteiger partial charge in [0.2, 0.25) is 0 Å². The van der Waals surface area contributed by atoms with E-state index in [4.69, 9.17) is 19.3 Å². The molecule has 0 aromatic heterocycles. The minimum atomic E-state index is -4.79. The van der Waals surface area contributed by atoms with Gasteiger partial charge in [-0.1, -0.05) is 168 Å². The molecule has 0 saturated heterocycles. The van der Waals surface area contributed by atoms with Gasteiger partial charge in [0.15, 0.2) is 6.10 Å². The Labute approximate surface area is 353 Å². The van der Waals surface area contributed by atoms with Crippen molar-refractivity contribution < 1.29 is 37.9 Å². The van der Waals surface area contributed by atoms with E-state index in [1.165, 1.54) is 51.4 Å². The highest BCUT2D eigenvalue weighted by Crippen LogP contribution is 2.36. The zero-order chi connectivity index (χ0) is 42.5. The van der Waals surface area contributed by atoms with Gasteiger partial charge in [-0.2, -0.15) is 0 Å². The highest BCUT2D eigenvalue weighted by molar-refractivity contribution is 7.46. The standard InChI is InChI=1S/C49H79O8P/c1-3-5-7-9-11-13-15-17-19-21-23-24-26-28-30-32-34-36-38-40-42-44-49(51)57-47(46-56-58(52,53)54)45-55-48(50)43-41-39-37-35-33-31-29-27-25-22-20-18-16-14-12-10-8-6-4-2/h6,8,12,14,18-21,24-27,30-33,36,38,47H,3-5,7,9-11,13,15-17,22-23,28-29,34-35,37,39-46H2,1-2H3,(H2,52,53,54)/b8-6+,14-12+,20-18+,21-19+,26-24+,27-25+,32-30+,33-31+,38-36+/t47-/m1/s1. The van der Waals surface area contributed by atoms with E-state index in [1.807, 2.05) is 6.08 Å². The van der Waals surface area contributed by atoms with Gasteiger partial charge >= 0.3 is 19.8 Å². The molecular weight excluding hydrogens is 748 g/mol. The number of rotatable bonds is 39. The lowest BCUT2D eigenvalue weighted by molar-refractivity contribution is -0.161. The summed E-state index contributed by atoms with van der Waals surface area (Å²) in [7, 11) is -4.79. The SMILES string of the molecule is CC/C=C/C/C=C/C/C=C/C/C=C/C/C=C/CCCCCC(=O)OC[C@H](COP(=O)(O)O)OC(=O)CCC/C=C/C/C=C/C/C=C/C/C=C/CCCCCCCCC. The molecule has 1 atom stereocenters. The van der Waals surface area contributed by atoms with Crippen LogP contribution in [0.3, 0.4) is 0 Å². The Morgan fingerprint density at radius 3 is 1.29 bits per heavy atom. The van der Waals surface area contributed by atoms with Crippen LogP contribution in [0.15, 0.2) is 109 Å². The Balaban J connectivity index is 4.09. The molecule has 0 aromatic carbocycles. The van der Waals surface area contributed by atoms with Crippen molar-refractivity contribution in [3.8, 4) is 0 Å². The van der Waals surface area contributed by atoms with E-state index < -0.39 is 32.5 Å². The van der Waals surface area contributed by atoms with Gasteiger partial charge in [0, 0.05) is 12.8 Å². The van der Waals surface area contributed by atoms with E-state index in [0.29, 0.717) is 19.3 Å². The first-order valence-corrected chi connectivity index (χ1v) is 23.7. The normalized spacial score (nSPS) is 13.5. The molecule has 0 aliphatic carbocycles. The van der Waals surface area contributed by atoms with E-state index in [9.17, 15) is 14.2 Å². The predicted molar refractivity (Wildman–Crippen MR) is 243 cm³/mol. The first-order chi connectivity index (χ1) is 28.3. The molecule has 0 aromatic rings. The van der Waals surface area contributed by atoms with E-state index in [2.05, 4.69) is 122 Å². The van der Waals surface area contributed by atoms with E-state index in [0.717, 1.165) is 70.6 Å². The second-order valence-corrected chi connectivity index (χ2v) is 15.5. The van der Waals surface area contributed by atoms with Gasteiger partial charge in [-0.15, -0.1) is 0 Å². The molecule has 2 N–H and O–H groups in total. The molecule has 0 aliphatic rings. The molecule has 0 aliphatic heterocycles. The van der Waals surface area contributed by atoms with Crippen molar-refractivity contribution in [2.24, 2.45) is 0 Å². The molecule has 0 radical (unpaired) electrons. The van der Waals surface area contributed by atoms with Crippen LogP contribution in [0.2, 0.25) is 0 Å². The number of phosphoric acid groups is 1. The molecule has 0 amide bonds. The van der Waals surface area contributed by atoms with E-state index >= 15 is 0 Å². The first kappa shape index (κ1) is 54.7. The maximum Gasteiger partial charge on any atom is 0.469 e. The van der Waals surface area contributed by atoms with Crippen LogP contribution in [0.1, 0.15) is 168 Å². The zero-order valence-corrected chi connectivity index (χ0v) is 37.0. The maximum atomic E-state index is 12.4. The third-order valence-corrected chi connectivity index (χ3v) is 9.26. The largest absolute Gasteiger partial charge is 0.469 e. The van der Waals surface area contributed by atoms with Crippen molar-refractivity contribution in [2.45, 2.75) is 174 Å². The molecule has 8 nitrogen and oxygen atoms in total. The van der Waals surface area contributed by atoms with Gasteiger partial charge in [-0.3, -0.25) is 14.1 Å². The van der Waals surface area contributed by atoms with Crippen LogP contribution in [0.5, 0.6) is 0 Å². The quantitative estimate of drug-likeness (QED) is 0.0272. The number of ether oxygens (including phenoxy) is 2. The topological polar surface area (TPSA) is 119 Å². The van der Waals surface area contributed by atoms with Crippen LogP contribution in [-0.4, -0.2) is 41.0 Å².